The van der Waals surface area contributed by atoms with Gasteiger partial charge < -0.3 is 4.74 Å². The molecule has 0 radical (unpaired) electrons. The number of hydrogen-bond acceptors (Lipinski definition) is 5. The molecule has 184 valence electrons. The molecule has 1 saturated carbocycles. The second-order valence-corrected chi connectivity index (χ2v) is 11.5. The first-order valence-electron chi connectivity index (χ1n) is 10.7. The maximum absolute atomic E-state index is 13.6. The highest BCUT2D eigenvalue weighted by atomic mass is 79.9. The van der Waals surface area contributed by atoms with Crippen molar-refractivity contribution in [2.75, 3.05) is 13.7 Å². The molecule has 1 saturated heterocycles. The first-order chi connectivity index (χ1) is 16.6. The van der Waals surface area contributed by atoms with Gasteiger partial charge in [-0.25, -0.2) is 5.01 Å². The molecular weight excluding hydrogens is 627 g/mol. The smallest absolute Gasteiger partial charge is 0.273 e. The number of nitrogens with zero attached hydrogens (tertiary/aromatic N) is 2. The van der Waals surface area contributed by atoms with Gasteiger partial charge in [-0.1, -0.05) is 67.2 Å². The molecule has 1 heterocycles. The number of rotatable bonds is 6. The van der Waals surface area contributed by atoms with E-state index < -0.39 is 41.9 Å². The molecule has 3 amide bonds. The first kappa shape index (κ1) is 26.1. The molecule has 2 fully saturated rings. The number of benzene rings is 2. The Morgan fingerprint density at radius 1 is 0.971 bits per heavy atom. The third-order valence-corrected chi connectivity index (χ3v) is 9.69. The van der Waals surface area contributed by atoms with Gasteiger partial charge in [0.15, 0.2) is 5.78 Å². The highest BCUT2D eigenvalue weighted by Gasteiger charge is 2.54. The van der Waals surface area contributed by atoms with E-state index in [-0.39, 0.29) is 30.8 Å². The number of ketones is 1. The average molecular weight is 647 g/mol. The number of halogens is 4. The Kier molecular flexibility index (Phi) is 7.90. The van der Waals surface area contributed by atoms with Crippen molar-refractivity contribution in [1.29, 1.82) is 0 Å². The number of carbonyl (C=O) groups excluding carboxylic acids is 4. The largest absolute Gasteiger partial charge is 0.497 e. The van der Waals surface area contributed by atoms with E-state index in [0.29, 0.717) is 18.6 Å². The zero-order chi connectivity index (χ0) is 25.4. The number of methoxy groups -OCH3 is 1. The fourth-order valence-corrected chi connectivity index (χ4v) is 5.89. The Morgan fingerprint density at radius 2 is 1.60 bits per heavy atom. The van der Waals surface area contributed by atoms with Crippen molar-refractivity contribution in [2.24, 2.45) is 11.8 Å². The van der Waals surface area contributed by atoms with E-state index in [1.165, 1.54) is 31.4 Å². The molecule has 11 heteroatoms. The average Bonchev–Trinajstić information content (AvgIpc) is 3.08. The topological polar surface area (TPSA) is 84.0 Å². The molecule has 0 N–H and O–H groups in total. The van der Waals surface area contributed by atoms with Crippen LogP contribution in [0.15, 0.2) is 42.5 Å². The van der Waals surface area contributed by atoms with Crippen LogP contribution in [0, 0.1) is 11.8 Å². The van der Waals surface area contributed by atoms with Crippen molar-refractivity contribution in [3.8, 4) is 5.75 Å². The van der Waals surface area contributed by atoms with E-state index in [4.69, 9.17) is 27.9 Å². The van der Waals surface area contributed by atoms with Crippen LogP contribution in [0.3, 0.4) is 0 Å². The summed E-state index contributed by atoms with van der Waals surface area (Å²) < 4.78 is 5.18. The molecule has 2 aliphatic rings. The summed E-state index contributed by atoms with van der Waals surface area (Å²) >= 11 is 19.2. The van der Waals surface area contributed by atoms with Gasteiger partial charge in [-0.05, 0) is 43.2 Å². The third kappa shape index (κ3) is 5.14. The number of hydrogen-bond donors (Lipinski definition) is 0. The van der Waals surface area contributed by atoms with Crippen molar-refractivity contribution in [3.05, 3.63) is 63.6 Å². The Balaban J connectivity index is 1.71. The summed E-state index contributed by atoms with van der Waals surface area (Å²) in [6.45, 7) is -0.529. The van der Waals surface area contributed by atoms with Crippen molar-refractivity contribution in [2.45, 2.75) is 22.5 Å². The normalized spacial score (nSPS) is 23.7. The second-order valence-electron chi connectivity index (χ2n) is 8.35. The number of hydrazine groups is 1. The quantitative estimate of drug-likeness (QED) is 0.246. The fraction of sp³-hybridized carbons (Fsp3) is 0.333. The molecule has 0 bridgehead atoms. The van der Waals surface area contributed by atoms with Crippen LogP contribution in [0.2, 0.25) is 10.0 Å². The standard InChI is InChI=1S/C24H20Br2Cl2N2O5/c1-35-14-4-2-3-12(7-14)21(31)11-29(22(32)13-5-6-19(27)20(28)8-13)30-23(33)15-9-17(25)18(26)10-16(15)24(30)34/h2-8,15-18H,9-11H2,1H3/t15-,16+,17+,18-. The maximum atomic E-state index is 13.6. The minimum atomic E-state index is -0.717. The van der Waals surface area contributed by atoms with Crippen molar-refractivity contribution < 1.29 is 23.9 Å². The molecule has 35 heavy (non-hydrogen) atoms. The minimum absolute atomic E-state index is 0.00177. The molecule has 7 nitrogen and oxygen atoms in total. The lowest BCUT2D eigenvalue weighted by molar-refractivity contribution is -0.154. The highest BCUT2D eigenvalue weighted by molar-refractivity contribution is 9.12. The third-order valence-electron chi connectivity index (χ3n) is 6.22. The van der Waals surface area contributed by atoms with Crippen LogP contribution in [0.5, 0.6) is 5.75 Å². The summed E-state index contributed by atoms with van der Waals surface area (Å²) in [6.07, 6.45) is 0.862. The van der Waals surface area contributed by atoms with Gasteiger partial charge >= 0.3 is 0 Å². The van der Waals surface area contributed by atoms with E-state index >= 15 is 0 Å². The molecule has 0 spiro atoms. The molecule has 4 rings (SSSR count). The number of alkyl halides is 2. The number of amides is 3. The lowest BCUT2D eigenvalue weighted by Crippen LogP contribution is -2.52. The Labute approximate surface area is 228 Å². The van der Waals surface area contributed by atoms with Crippen LogP contribution in [0.4, 0.5) is 0 Å². The first-order valence-corrected chi connectivity index (χ1v) is 13.3. The highest BCUT2D eigenvalue weighted by Crippen LogP contribution is 2.43. The molecular formula is C24H20Br2Cl2N2O5. The van der Waals surface area contributed by atoms with Gasteiger partial charge in [-0.15, -0.1) is 0 Å². The summed E-state index contributed by atoms with van der Waals surface area (Å²) in [5.41, 5.74) is 0.360. The van der Waals surface area contributed by atoms with Crippen LogP contribution in [-0.2, 0) is 9.59 Å². The lowest BCUT2D eigenvalue weighted by atomic mass is 9.81. The Morgan fingerprint density at radius 3 is 2.17 bits per heavy atom. The van der Waals surface area contributed by atoms with Crippen LogP contribution < -0.4 is 4.74 Å². The number of fused-ring (bicyclic) bond motifs is 1. The minimum Gasteiger partial charge on any atom is -0.497 e. The van der Waals surface area contributed by atoms with Crippen LogP contribution in [-0.4, -0.2) is 56.8 Å². The van der Waals surface area contributed by atoms with Gasteiger partial charge in [0.1, 0.15) is 12.3 Å². The van der Waals surface area contributed by atoms with Crippen molar-refractivity contribution in [3.63, 3.8) is 0 Å². The zero-order valence-electron chi connectivity index (χ0n) is 18.4. The predicted octanol–water partition coefficient (Wildman–Crippen LogP) is 5.16. The van der Waals surface area contributed by atoms with E-state index in [1.807, 2.05) is 0 Å². The van der Waals surface area contributed by atoms with Gasteiger partial charge in [-0.2, -0.15) is 5.01 Å². The number of carbonyl (C=O) groups is 4. The van der Waals surface area contributed by atoms with E-state index in [0.717, 1.165) is 10.0 Å². The second kappa shape index (κ2) is 10.6. The summed E-state index contributed by atoms with van der Waals surface area (Å²) in [4.78, 5) is 53.6. The maximum Gasteiger partial charge on any atom is 0.273 e. The number of ether oxygens (including phenoxy) is 1. The summed E-state index contributed by atoms with van der Waals surface area (Å²) in [5.74, 6) is -2.90. The van der Waals surface area contributed by atoms with E-state index in [1.54, 1.807) is 18.2 Å². The summed E-state index contributed by atoms with van der Waals surface area (Å²) in [7, 11) is 1.47. The molecule has 2 aromatic rings. The molecule has 1 aliphatic heterocycles. The number of Topliss-reactive ketones (excluding diaryl/α,β-unsaturated/α-hetero) is 1. The molecule has 2 aromatic carbocycles. The molecule has 4 atom stereocenters. The SMILES string of the molecule is COc1cccc(C(=O)CN(C(=O)c2ccc(Cl)c(Cl)c2)N2C(=O)[C@H]3C[C@@H](Br)[C@@H](Br)C[C@H]3C2=O)c1. The monoisotopic (exact) mass is 644 g/mol. The van der Waals surface area contributed by atoms with Gasteiger partial charge in [-0.3, -0.25) is 19.2 Å². The zero-order valence-corrected chi connectivity index (χ0v) is 23.1. The predicted molar refractivity (Wildman–Crippen MR) is 138 cm³/mol. The van der Waals surface area contributed by atoms with Gasteiger partial charge in [0, 0.05) is 20.8 Å². The van der Waals surface area contributed by atoms with Crippen molar-refractivity contribution >= 4 is 78.6 Å². The van der Waals surface area contributed by atoms with Gasteiger partial charge in [0.2, 0.25) is 0 Å². The fourth-order valence-electron chi connectivity index (χ4n) is 4.35. The lowest BCUT2D eigenvalue weighted by Gasteiger charge is -2.30. The van der Waals surface area contributed by atoms with Crippen LogP contribution in [0.1, 0.15) is 33.6 Å². The van der Waals surface area contributed by atoms with Gasteiger partial charge in [0.05, 0.1) is 29.0 Å². The molecule has 1 aliphatic carbocycles. The van der Waals surface area contributed by atoms with Gasteiger partial charge in [0.25, 0.3) is 17.7 Å². The summed E-state index contributed by atoms with van der Waals surface area (Å²) in [6, 6.07) is 10.6. The molecule has 0 aromatic heterocycles. The Bertz CT molecular complexity index is 1180. The van der Waals surface area contributed by atoms with E-state index in [9.17, 15) is 19.2 Å². The van der Waals surface area contributed by atoms with Crippen LogP contribution in [0.25, 0.3) is 0 Å². The van der Waals surface area contributed by atoms with E-state index in [2.05, 4.69) is 31.9 Å². The Hall–Kier alpha value is -1.94. The van der Waals surface area contributed by atoms with Crippen molar-refractivity contribution in [1.82, 2.24) is 10.0 Å². The number of imide groups is 1. The molecule has 0 unspecified atom stereocenters. The van der Waals surface area contributed by atoms with Crippen LogP contribution >= 0.6 is 55.1 Å². The summed E-state index contributed by atoms with van der Waals surface area (Å²) in [5, 5.41) is 2.13.